The largest absolute Gasteiger partial charge is 0.504 e. The summed E-state index contributed by atoms with van der Waals surface area (Å²) in [5, 5.41) is 14.4. The molecule has 0 saturated carbocycles. The minimum Gasteiger partial charge on any atom is -0.504 e. The zero-order chi connectivity index (χ0) is 23.9. The Morgan fingerprint density at radius 3 is 2.59 bits per heavy atom. The number of sulfonamides is 1. The standard InChI is InChI=1S/C27H28N2O4S/c1-3-29(18-9-5-4-6-10-18)34(31,32)19-15-16-24-23(17-19)20-11-7-12-21(20)26(28-24)22-13-8-14-25(33-2)27(22)30/h4-11,13-17,20-21,26,28,30H,3,12H2,1-2H3. The van der Waals surface area contributed by atoms with Gasteiger partial charge in [-0.2, -0.15) is 0 Å². The number of methoxy groups -OCH3 is 1. The highest BCUT2D eigenvalue weighted by molar-refractivity contribution is 7.92. The molecule has 3 aromatic carbocycles. The first kappa shape index (κ1) is 22.3. The Hall–Kier alpha value is -3.45. The van der Waals surface area contributed by atoms with Gasteiger partial charge in [-0.25, -0.2) is 8.42 Å². The minimum absolute atomic E-state index is 0.0498. The van der Waals surface area contributed by atoms with Crippen LogP contribution in [-0.4, -0.2) is 27.2 Å². The molecule has 7 heteroatoms. The average molecular weight is 477 g/mol. The molecule has 176 valence electrons. The Bertz CT molecular complexity index is 1340. The molecule has 5 rings (SSSR count). The summed E-state index contributed by atoms with van der Waals surface area (Å²) in [6.45, 7) is 2.18. The van der Waals surface area contributed by atoms with E-state index in [1.54, 1.807) is 25.3 Å². The molecule has 34 heavy (non-hydrogen) atoms. The SMILES string of the molecule is CCN(c1ccccc1)S(=O)(=O)c1ccc2c(c1)C1C=CCC1C(c1cccc(OC)c1O)N2. The molecule has 0 bridgehead atoms. The number of hydrogen-bond donors (Lipinski definition) is 2. The summed E-state index contributed by atoms with van der Waals surface area (Å²) in [7, 11) is -2.18. The number of nitrogens with zero attached hydrogens (tertiary/aromatic N) is 1. The molecule has 1 heterocycles. The van der Waals surface area contributed by atoms with Gasteiger partial charge in [-0.1, -0.05) is 42.5 Å². The summed E-state index contributed by atoms with van der Waals surface area (Å²) >= 11 is 0. The van der Waals surface area contributed by atoms with Crippen LogP contribution in [0.25, 0.3) is 0 Å². The van der Waals surface area contributed by atoms with Gasteiger partial charge >= 0.3 is 0 Å². The van der Waals surface area contributed by atoms with Crippen molar-refractivity contribution in [2.45, 2.75) is 30.2 Å². The second kappa shape index (κ2) is 8.72. The smallest absolute Gasteiger partial charge is 0.264 e. The third kappa shape index (κ3) is 3.60. The predicted molar refractivity (Wildman–Crippen MR) is 134 cm³/mol. The van der Waals surface area contributed by atoms with Crippen molar-refractivity contribution in [1.29, 1.82) is 0 Å². The molecule has 0 saturated heterocycles. The van der Waals surface area contributed by atoms with Crippen molar-refractivity contribution in [2.24, 2.45) is 5.92 Å². The summed E-state index contributed by atoms with van der Waals surface area (Å²) < 4.78 is 33.9. The Labute approximate surface area is 200 Å². The number of phenols is 1. The molecule has 0 amide bonds. The van der Waals surface area contributed by atoms with Crippen LogP contribution in [0.5, 0.6) is 11.5 Å². The first-order valence-electron chi connectivity index (χ1n) is 11.5. The molecule has 0 fully saturated rings. The number of allylic oxidation sites excluding steroid dienone is 2. The topological polar surface area (TPSA) is 78.9 Å². The fourth-order valence-electron chi connectivity index (χ4n) is 5.21. The third-order valence-electron chi connectivity index (χ3n) is 6.84. The highest BCUT2D eigenvalue weighted by Crippen LogP contribution is 2.52. The number of nitrogens with one attached hydrogen (secondary N) is 1. The number of rotatable bonds is 6. The summed E-state index contributed by atoms with van der Waals surface area (Å²) in [5.41, 5.74) is 3.26. The van der Waals surface area contributed by atoms with Crippen LogP contribution in [-0.2, 0) is 10.0 Å². The van der Waals surface area contributed by atoms with Crippen LogP contribution in [0.2, 0.25) is 0 Å². The molecule has 1 aliphatic heterocycles. The molecule has 6 nitrogen and oxygen atoms in total. The fraction of sp³-hybridized carbons (Fsp3) is 0.259. The van der Waals surface area contributed by atoms with E-state index >= 15 is 0 Å². The lowest BCUT2D eigenvalue weighted by Crippen LogP contribution is -2.32. The Kier molecular flexibility index (Phi) is 5.73. The van der Waals surface area contributed by atoms with Crippen LogP contribution < -0.4 is 14.4 Å². The van der Waals surface area contributed by atoms with E-state index < -0.39 is 10.0 Å². The summed E-state index contributed by atoms with van der Waals surface area (Å²) in [4.78, 5) is 0.278. The predicted octanol–water partition coefficient (Wildman–Crippen LogP) is 5.44. The van der Waals surface area contributed by atoms with Gasteiger partial charge in [0.1, 0.15) is 0 Å². The van der Waals surface area contributed by atoms with Crippen molar-refractivity contribution in [3.63, 3.8) is 0 Å². The van der Waals surface area contributed by atoms with Gasteiger partial charge in [-0.05, 0) is 61.2 Å². The van der Waals surface area contributed by atoms with Gasteiger partial charge in [-0.3, -0.25) is 4.31 Å². The van der Waals surface area contributed by atoms with Crippen molar-refractivity contribution >= 4 is 21.4 Å². The second-order valence-electron chi connectivity index (χ2n) is 8.63. The lowest BCUT2D eigenvalue weighted by molar-refractivity contribution is 0.358. The van der Waals surface area contributed by atoms with Crippen molar-refractivity contribution in [3.05, 3.63) is 90.0 Å². The Balaban J connectivity index is 1.55. The van der Waals surface area contributed by atoms with Gasteiger partial charge in [0.2, 0.25) is 0 Å². The molecule has 1 aliphatic carbocycles. The van der Waals surface area contributed by atoms with Crippen molar-refractivity contribution in [3.8, 4) is 11.5 Å². The lowest BCUT2D eigenvalue weighted by Gasteiger charge is -2.38. The second-order valence-corrected chi connectivity index (χ2v) is 10.5. The number of ether oxygens (including phenoxy) is 1. The molecule has 2 N–H and O–H groups in total. The quantitative estimate of drug-likeness (QED) is 0.463. The van der Waals surface area contributed by atoms with E-state index in [0.29, 0.717) is 18.0 Å². The molecule has 0 aromatic heterocycles. The number of aromatic hydroxyl groups is 1. The van der Waals surface area contributed by atoms with Crippen LogP contribution in [0.4, 0.5) is 11.4 Å². The third-order valence-corrected chi connectivity index (χ3v) is 8.74. The van der Waals surface area contributed by atoms with Crippen LogP contribution in [0, 0.1) is 5.92 Å². The van der Waals surface area contributed by atoms with Crippen LogP contribution in [0.1, 0.15) is 36.4 Å². The van der Waals surface area contributed by atoms with Gasteiger partial charge in [0.15, 0.2) is 11.5 Å². The highest BCUT2D eigenvalue weighted by Gasteiger charge is 2.40. The summed E-state index contributed by atoms with van der Waals surface area (Å²) in [6, 6.07) is 19.9. The molecule has 3 atom stereocenters. The molecular weight excluding hydrogens is 448 g/mol. The summed E-state index contributed by atoms with van der Waals surface area (Å²) in [6.07, 6.45) is 5.13. The number of fused-ring (bicyclic) bond motifs is 3. The van der Waals surface area contributed by atoms with Gasteiger partial charge in [-0.15, -0.1) is 0 Å². The molecular formula is C27H28N2O4S. The number of phenolic OH excluding ortho intramolecular Hbond substituents is 1. The van der Waals surface area contributed by atoms with Crippen molar-refractivity contribution < 1.29 is 18.3 Å². The van der Waals surface area contributed by atoms with E-state index in [-0.39, 0.29) is 28.5 Å². The minimum atomic E-state index is -3.72. The van der Waals surface area contributed by atoms with Crippen LogP contribution >= 0.6 is 0 Å². The number of hydrogen-bond acceptors (Lipinski definition) is 5. The van der Waals surface area contributed by atoms with Gasteiger partial charge in [0.05, 0.1) is 23.7 Å². The molecule has 2 aliphatic rings. The lowest BCUT2D eigenvalue weighted by atomic mass is 9.77. The number of para-hydroxylation sites is 2. The van der Waals surface area contributed by atoms with Crippen LogP contribution in [0.15, 0.2) is 83.8 Å². The van der Waals surface area contributed by atoms with Crippen LogP contribution in [0.3, 0.4) is 0 Å². The first-order chi connectivity index (χ1) is 16.5. The van der Waals surface area contributed by atoms with E-state index in [1.165, 1.54) is 4.31 Å². The number of anilines is 2. The highest BCUT2D eigenvalue weighted by atomic mass is 32.2. The zero-order valence-corrected chi connectivity index (χ0v) is 20.0. The molecule has 0 radical (unpaired) electrons. The van der Waals surface area contributed by atoms with E-state index in [9.17, 15) is 13.5 Å². The van der Waals surface area contributed by atoms with E-state index in [4.69, 9.17) is 4.74 Å². The molecule has 3 aromatic rings. The first-order valence-corrected chi connectivity index (χ1v) is 12.9. The normalized spacial score (nSPS) is 20.8. The monoisotopic (exact) mass is 476 g/mol. The maximum atomic E-state index is 13.6. The van der Waals surface area contributed by atoms with Crippen molar-refractivity contribution in [1.82, 2.24) is 0 Å². The van der Waals surface area contributed by atoms with Gasteiger partial charge < -0.3 is 15.2 Å². The van der Waals surface area contributed by atoms with Gasteiger partial charge in [0.25, 0.3) is 10.0 Å². The number of benzene rings is 3. The maximum absolute atomic E-state index is 13.6. The molecule has 3 unspecified atom stereocenters. The zero-order valence-electron chi connectivity index (χ0n) is 19.2. The van der Waals surface area contributed by atoms with E-state index in [1.807, 2.05) is 55.5 Å². The Morgan fingerprint density at radius 1 is 1.06 bits per heavy atom. The van der Waals surface area contributed by atoms with E-state index in [0.717, 1.165) is 23.2 Å². The van der Waals surface area contributed by atoms with Crippen molar-refractivity contribution in [2.75, 3.05) is 23.3 Å². The fourth-order valence-corrected chi connectivity index (χ4v) is 6.72. The summed E-state index contributed by atoms with van der Waals surface area (Å²) in [5.74, 6) is 0.778. The maximum Gasteiger partial charge on any atom is 0.264 e. The van der Waals surface area contributed by atoms with Gasteiger partial charge in [0, 0.05) is 23.7 Å². The average Bonchev–Trinajstić information content (AvgIpc) is 3.35. The molecule has 0 spiro atoms. The Morgan fingerprint density at radius 2 is 1.85 bits per heavy atom. The van der Waals surface area contributed by atoms with E-state index in [2.05, 4.69) is 17.5 Å².